The van der Waals surface area contributed by atoms with Crippen molar-refractivity contribution in [1.82, 2.24) is 59.8 Å². The first-order valence-electron chi connectivity index (χ1n) is 8.45. The lowest BCUT2D eigenvalue weighted by Gasteiger charge is -1.77. The molecule has 0 unspecified atom stereocenters. The van der Waals surface area contributed by atoms with Crippen molar-refractivity contribution >= 4 is 11.0 Å². The quantitative estimate of drug-likeness (QED) is 0.0911. The topological polar surface area (TPSA) is 394 Å². The van der Waals surface area contributed by atoms with Crippen LogP contribution in [0.25, 0.3) is 0 Å². The fourth-order valence-corrected chi connectivity index (χ4v) is 1.61. The SMILES string of the molecule is O=c1[nH]c(=O)[nH]c(=O)[nH]1.O=c1[nH]c(=O)[nH]c(=O)[nH]1.O=c1[nH]c(=O)[nH]c(=O)[nH]1.O=c1[nH]c(=O)[nH]c(=O)[nH]1.[SiH4]. The third-order valence-corrected chi connectivity index (χ3v) is 2.72. The van der Waals surface area contributed by atoms with Crippen LogP contribution in [-0.2, 0) is 0 Å². The minimum atomic E-state index is -0.802. The highest BCUT2D eigenvalue weighted by atomic mass is 28.1. The molecule has 37 heavy (non-hydrogen) atoms. The van der Waals surface area contributed by atoms with Crippen molar-refractivity contribution in [2.24, 2.45) is 0 Å². The van der Waals surface area contributed by atoms with Gasteiger partial charge >= 0.3 is 68.3 Å². The van der Waals surface area contributed by atoms with Crippen LogP contribution in [0.2, 0.25) is 0 Å². The van der Waals surface area contributed by atoms with E-state index in [1.807, 2.05) is 0 Å². The first-order valence-corrected chi connectivity index (χ1v) is 8.45. The monoisotopic (exact) mass is 548 g/mol. The summed E-state index contributed by atoms with van der Waals surface area (Å²) in [5.74, 6) is 0. The van der Waals surface area contributed by atoms with Crippen molar-refractivity contribution in [3.63, 3.8) is 0 Å². The Morgan fingerprint density at radius 2 is 0.243 bits per heavy atom. The molecule has 0 fully saturated rings. The Hall–Kier alpha value is -6.14. The Bertz CT molecular complexity index is 1410. The molecule has 4 heterocycles. The average molecular weight is 548 g/mol. The molecule has 0 aliphatic rings. The van der Waals surface area contributed by atoms with Gasteiger partial charge in [-0.2, -0.15) is 0 Å². The summed E-state index contributed by atoms with van der Waals surface area (Å²) >= 11 is 0. The predicted octanol–water partition coefficient (Wildman–Crippen LogP) is -10.4. The molecule has 0 spiro atoms. The summed E-state index contributed by atoms with van der Waals surface area (Å²) in [5.41, 5.74) is -9.63. The summed E-state index contributed by atoms with van der Waals surface area (Å²) in [6.45, 7) is 0. The number of aromatic nitrogens is 12. The zero-order valence-corrected chi connectivity index (χ0v) is 16.9. The Morgan fingerprint density at radius 1 is 0.189 bits per heavy atom. The van der Waals surface area contributed by atoms with Gasteiger partial charge in [-0.25, -0.2) is 57.5 Å². The van der Waals surface area contributed by atoms with E-state index in [9.17, 15) is 57.5 Å². The number of rotatable bonds is 0. The maximum absolute atomic E-state index is 10.2. The number of nitrogens with one attached hydrogen (secondary N) is 12. The van der Waals surface area contributed by atoms with E-state index in [0.717, 1.165) is 0 Å². The van der Waals surface area contributed by atoms with Crippen LogP contribution in [0.1, 0.15) is 0 Å². The van der Waals surface area contributed by atoms with Gasteiger partial charge in [0.1, 0.15) is 0 Å². The second kappa shape index (κ2) is 14.2. The van der Waals surface area contributed by atoms with Gasteiger partial charge in [-0.05, 0) is 11.0 Å². The van der Waals surface area contributed by atoms with E-state index in [-0.39, 0.29) is 11.0 Å². The first kappa shape index (κ1) is 30.9. The third kappa shape index (κ3) is 13.2. The van der Waals surface area contributed by atoms with Crippen molar-refractivity contribution in [3.05, 3.63) is 126 Å². The van der Waals surface area contributed by atoms with Crippen LogP contribution in [0.3, 0.4) is 0 Å². The van der Waals surface area contributed by atoms with Crippen LogP contribution in [0.5, 0.6) is 0 Å². The predicted molar refractivity (Wildman–Crippen MR) is 125 cm³/mol. The number of H-pyrrole nitrogens is 12. The van der Waals surface area contributed by atoms with Gasteiger partial charge in [-0.15, -0.1) is 0 Å². The van der Waals surface area contributed by atoms with Crippen LogP contribution in [0, 0.1) is 0 Å². The van der Waals surface area contributed by atoms with E-state index in [0.29, 0.717) is 0 Å². The normalized spacial score (nSPS) is 9.08. The van der Waals surface area contributed by atoms with E-state index < -0.39 is 68.3 Å². The van der Waals surface area contributed by atoms with Crippen molar-refractivity contribution in [2.75, 3.05) is 0 Å². The van der Waals surface area contributed by atoms with E-state index >= 15 is 0 Å². The molecule has 4 rings (SSSR count). The lowest BCUT2D eigenvalue weighted by atomic mass is 11.0. The zero-order chi connectivity index (χ0) is 27.4. The molecule has 0 aromatic carbocycles. The van der Waals surface area contributed by atoms with Gasteiger partial charge in [0.15, 0.2) is 0 Å². The van der Waals surface area contributed by atoms with Crippen LogP contribution in [0.15, 0.2) is 57.5 Å². The van der Waals surface area contributed by atoms with Gasteiger partial charge in [0.05, 0.1) is 0 Å². The molecule has 24 nitrogen and oxygen atoms in total. The summed E-state index contributed by atoms with van der Waals surface area (Å²) in [5, 5.41) is 0. The largest absolute Gasteiger partial charge is 0.330 e. The van der Waals surface area contributed by atoms with E-state index in [1.54, 1.807) is 59.8 Å². The molecule has 0 aliphatic carbocycles. The van der Waals surface area contributed by atoms with Gasteiger partial charge in [-0.1, -0.05) is 0 Å². The molecule has 25 heteroatoms. The fraction of sp³-hybridized carbons (Fsp3) is 0. The van der Waals surface area contributed by atoms with Crippen LogP contribution in [-0.4, -0.2) is 70.8 Å². The lowest BCUT2D eigenvalue weighted by Crippen LogP contribution is -2.34. The average Bonchev–Trinajstić information content (AvgIpc) is 2.64. The molecule has 200 valence electrons. The Balaban J connectivity index is 0.000000463. The smallest absolute Gasteiger partial charge is 0.259 e. The Labute approximate surface area is 197 Å². The highest BCUT2D eigenvalue weighted by Crippen LogP contribution is 1.32. The second-order valence-corrected chi connectivity index (χ2v) is 5.45. The van der Waals surface area contributed by atoms with Crippen molar-refractivity contribution in [1.29, 1.82) is 0 Å². The zero-order valence-electron chi connectivity index (χ0n) is 16.9. The number of hydrogen-bond donors (Lipinski definition) is 12. The van der Waals surface area contributed by atoms with Crippen molar-refractivity contribution < 1.29 is 0 Å². The molecule has 0 aliphatic heterocycles. The number of hydrogen-bond acceptors (Lipinski definition) is 12. The summed E-state index contributed by atoms with van der Waals surface area (Å²) in [6, 6.07) is 0. The maximum Gasteiger partial charge on any atom is 0.330 e. The molecule has 0 atom stereocenters. The van der Waals surface area contributed by atoms with Gasteiger partial charge in [-0.3, -0.25) is 59.8 Å². The summed E-state index contributed by atoms with van der Waals surface area (Å²) in [6.07, 6.45) is 0. The molecule has 12 N–H and O–H groups in total. The molecule has 0 radical (unpaired) electrons. The minimum Gasteiger partial charge on any atom is -0.259 e. The Kier molecular flexibility index (Phi) is 11.8. The molecular formula is C12H16N12O12Si. The second-order valence-electron chi connectivity index (χ2n) is 5.45. The van der Waals surface area contributed by atoms with Crippen LogP contribution >= 0.6 is 0 Å². The first-order chi connectivity index (χ1) is 16.7. The molecule has 0 bridgehead atoms. The van der Waals surface area contributed by atoms with Crippen LogP contribution in [0.4, 0.5) is 0 Å². The molecule has 0 amide bonds. The van der Waals surface area contributed by atoms with E-state index in [1.165, 1.54) is 0 Å². The standard InChI is InChI=1S/4C3H3N3O3.H4Si/c4*7-1-4-2(8)6-3(9)5-1;/h4*(H3,4,5,6,7,8,9);1H4. The van der Waals surface area contributed by atoms with E-state index in [2.05, 4.69) is 0 Å². The fourth-order valence-electron chi connectivity index (χ4n) is 1.61. The van der Waals surface area contributed by atoms with Gasteiger partial charge in [0.2, 0.25) is 0 Å². The maximum atomic E-state index is 10.2. The highest BCUT2D eigenvalue weighted by Gasteiger charge is 1.87. The summed E-state index contributed by atoms with van der Waals surface area (Å²) in [7, 11) is 0. The lowest BCUT2D eigenvalue weighted by molar-refractivity contribution is 0.887. The molecule has 4 aromatic rings. The Morgan fingerprint density at radius 3 is 0.297 bits per heavy atom. The summed E-state index contributed by atoms with van der Waals surface area (Å²) < 4.78 is 0. The van der Waals surface area contributed by atoms with Gasteiger partial charge in [0.25, 0.3) is 0 Å². The van der Waals surface area contributed by atoms with Gasteiger partial charge < -0.3 is 0 Å². The molecular weight excluding hydrogens is 532 g/mol. The summed E-state index contributed by atoms with van der Waals surface area (Å²) in [4.78, 5) is 144. The van der Waals surface area contributed by atoms with Crippen molar-refractivity contribution in [2.45, 2.75) is 0 Å². The van der Waals surface area contributed by atoms with Crippen LogP contribution < -0.4 is 68.3 Å². The number of aromatic amines is 12. The van der Waals surface area contributed by atoms with Gasteiger partial charge in [0, 0.05) is 0 Å². The minimum absolute atomic E-state index is 0. The molecule has 4 aromatic heterocycles. The van der Waals surface area contributed by atoms with Crippen molar-refractivity contribution in [3.8, 4) is 0 Å². The highest BCUT2D eigenvalue weighted by molar-refractivity contribution is 5.75. The third-order valence-electron chi connectivity index (χ3n) is 2.72. The molecule has 0 saturated heterocycles. The molecule has 0 saturated carbocycles. The van der Waals surface area contributed by atoms with E-state index in [4.69, 9.17) is 0 Å².